The molecule has 122 valence electrons. The number of rotatable bonds is 4. The highest BCUT2D eigenvalue weighted by atomic mass is 35.5. The molecule has 0 aliphatic carbocycles. The van der Waals surface area contributed by atoms with Gasteiger partial charge in [-0.1, -0.05) is 37.3 Å². The molecule has 1 aliphatic rings. The molecule has 1 saturated heterocycles. The maximum Gasteiger partial charge on any atom is 0.226 e. The standard InChI is InChI=1S/C17H24N2O2.ClH/c1-12(13(2)18)17(21)19-10-8-15(9-11-19)16(20)14-6-4-3-5-7-14;/h3-7,12-13,15H,8-11,18H2,1-2H3;1H. The lowest BCUT2D eigenvalue weighted by Crippen LogP contribution is -2.46. The summed E-state index contributed by atoms with van der Waals surface area (Å²) in [6.07, 6.45) is 1.48. The van der Waals surface area contributed by atoms with Crippen LogP contribution in [0.15, 0.2) is 30.3 Å². The lowest BCUT2D eigenvalue weighted by atomic mass is 9.88. The zero-order chi connectivity index (χ0) is 15.4. The van der Waals surface area contributed by atoms with Gasteiger partial charge in [0.1, 0.15) is 0 Å². The molecule has 2 unspecified atom stereocenters. The van der Waals surface area contributed by atoms with E-state index in [0.29, 0.717) is 13.1 Å². The highest BCUT2D eigenvalue weighted by molar-refractivity contribution is 5.98. The first-order chi connectivity index (χ1) is 10.0. The van der Waals surface area contributed by atoms with Crippen LogP contribution in [0.5, 0.6) is 0 Å². The Balaban J connectivity index is 0.00000242. The Bertz CT molecular complexity index is 497. The molecule has 1 aromatic rings. The van der Waals surface area contributed by atoms with E-state index in [1.807, 2.05) is 49.1 Å². The van der Waals surface area contributed by atoms with Gasteiger partial charge in [-0.3, -0.25) is 9.59 Å². The zero-order valence-electron chi connectivity index (χ0n) is 13.2. The summed E-state index contributed by atoms with van der Waals surface area (Å²) in [4.78, 5) is 26.5. The first-order valence-corrected chi connectivity index (χ1v) is 7.64. The number of hydrogen-bond donors (Lipinski definition) is 1. The molecule has 0 spiro atoms. The predicted octanol–water partition coefficient (Wildman–Crippen LogP) is 2.51. The Morgan fingerprint density at radius 3 is 2.18 bits per heavy atom. The summed E-state index contributed by atoms with van der Waals surface area (Å²) in [5.41, 5.74) is 6.56. The Labute approximate surface area is 138 Å². The smallest absolute Gasteiger partial charge is 0.226 e. The van der Waals surface area contributed by atoms with Crippen molar-refractivity contribution in [1.82, 2.24) is 4.90 Å². The van der Waals surface area contributed by atoms with Crippen molar-refractivity contribution in [2.24, 2.45) is 17.6 Å². The SMILES string of the molecule is CC(N)C(C)C(=O)N1CCC(C(=O)c2ccccc2)CC1.Cl. The van der Waals surface area contributed by atoms with Gasteiger partial charge in [0.05, 0.1) is 5.92 Å². The van der Waals surface area contributed by atoms with Crippen molar-refractivity contribution in [3.8, 4) is 0 Å². The van der Waals surface area contributed by atoms with E-state index in [-0.39, 0.29) is 42.0 Å². The molecule has 1 aromatic carbocycles. The van der Waals surface area contributed by atoms with Gasteiger partial charge >= 0.3 is 0 Å². The zero-order valence-corrected chi connectivity index (χ0v) is 14.0. The molecule has 0 radical (unpaired) electrons. The molecule has 0 aromatic heterocycles. The molecule has 2 N–H and O–H groups in total. The van der Waals surface area contributed by atoms with Crippen molar-refractivity contribution in [3.05, 3.63) is 35.9 Å². The number of likely N-dealkylation sites (tertiary alicyclic amines) is 1. The minimum Gasteiger partial charge on any atom is -0.342 e. The molecule has 5 heteroatoms. The van der Waals surface area contributed by atoms with Crippen LogP contribution in [0.2, 0.25) is 0 Å². The summed E-state index contributed by atoms with van der Waals surface area (Å²) < 4.78 is 0. The largest absolute Gasteiger partial charge is 0.342 e. The van der Waals surface area contributed by atoms with E-state index in [2.05, 4.69) is 0 Å². The fraction of sp³-hybridized carbons (Fsp3) is 0.529. The van der Waals surface area contributed by atoms with Gasteiger partial charge in [-0.2, -0.15) is 0 Å². The Morgan fingerprint density at radius 1 is 1.14 bits per heavy atom. The summed E-state index contributed by atoms with van der Waals surface area (Å²) in [6.45, 7) is 5.03. The summed E-state index contributed by atoms with van der Waals surface area (Å²) in [6, 6.07) is 9.26. The van der Waals surface area contributed by atoms with Gasteiger partial charge in [0.15, 0.2) is 5.78 Å². The van der Waals surface area contributed by atoms with Crippen molar-refractivity contribution >= 4 is 24.1 Å². The van der Waals surface area contributed by atoms with Gasteiger partial charge in [-0.15, -0.1) is 12.4 Å². The Kier molecular flexibility index (Phi) is 7.04. The molecule has 4 nitrogen and oxygen atoms in total. The van der Waals surface area contributed by atoms with E-state index in [4.69, 9.17) is 5.73 Å². The van der Waals surface area contributed by atoms with Crippen molar-refractivity contribution in [2.45, 2.75) is 32.7 Å². The number of Topliss-reactive ketones (excluding diaryl/α,β-unsaturated/α-hetero) is 1. The second-order valence-corrected chi connectivity index (χ2v) is 5.98. The third-order valence-corrected chi connectivity index (χ3v) is 4.41. The molecule has 0 bridgehead atoms. The number of benzene rings is 1. The molecule has 0 saturated carbocycles. The molecule has 2 atom stereocenters. The van der Waals surface area contributed by atoms with Crippen LogP contribution in [0.1, 0.15) is 37.0 Å². The van der Waals surface area contributed by atoms with E-state index >= 15 is 0 Å². The molecule has 2 rings (SSSR count). The summed E-state index contributed by atoms with van der Waals surface area (Å²) in [5, 5.41) is 0. The van der Waals surface area contributed by atoms with Crippen LogP contribution in [0.25, 0.3) is 0 Å². The maximum atomic E-state index is 12.4. The quantitative estimate of drug-likeness (QED) is 0.866. The van der Waals surface area contributed by atoms with Crippen molar-refractivity contribution in [3.63, 3.8) is 0 Å². The molecular formula is C17H25ClN2O2. The molecule has 1 aliphatic heterocycles. The van der Waals surface area contributed by atoms with E-state index < -0.39 is 0 Å². The highest BCUT2D eigenvalue weighted by Crippen LogP contribution is 2.23. The monoisotopic (exact) mass is 324 g/mol. The number of carbonyl (C=O) groups excluding carboxylic acids is 2. The fourth-order valence-corrected chi connectivity index (χ4v) is 2.71. The van der Waals surface area contributed by atoms with Crippen LogP contribution in [0.4, 0.5) is 0 Å². The lowest BCUT2D eigenvalue weighted by molar-refractivity contribution is -0.136. The third-order valence-electron chi connectivity index (χ3n) is 4.41. The molecule has 1 fully saturated rings. The second kappa shape index (κ2) is 8.30. The first kappa shape index (κ1) is 18.7. The molecule has 1 heterocycles. The molecule has 22 heavy (non-hydrogen) atoms. The number of hydrogen-bond acceptors (Lipinski definition) is 3. The van der Waals surface area contributed by atoms with Crippen LogP contribution in [0.3, 0.4) is 0 Å². The molecular weight excluding hydrogens is 300 g/mol. The summed E-state index contributed by atoms with van der Waals surface area (Å²) >= 11 is 0. The fourth-order valence-electron chi connectivity index (χ4n) is 2.71. The minimum atomic E-state index is -0.161. The van der Waals surface area contributed by atoms with Gasteiger partial charge in [0.2, 0.25) is 5.91 Å². The number of ketones is 1. The van der Waals surface area contributed by atoms with Crippen molar-refractivity contribution in [1.29, 1.82) is 0 Å². The van der Waals surface area contributed by atoms with Gasteiger partial charge in [0, 0.05) is 30.6 Å². The van der Waals surface area contributed by atoms with Crippen LogP contribution in [0, 0.1) is 11.8 Å². The highest BCUT2D eigenvalue weighted by Gasteiger charge is 2.30. The van der Waals surface area contributed by atoms with E-state index in [1.54, 1.807) is 0 Å². The Hall–Kier alpha value is -1.39. The van der Waals surface area contributed by atoms with Gasteiger partial charge in [0.25, 0.3) is 0 Å². The van der Waals surface area contributed by atoms with Crippen LogP contribution < -0.4 is 5.73 Å². The van der Waals surface area contributed by atoms with Crippen molar-refractivity contribution < 1.29 is 9.59 Å². The number of amides is 1. The van der Waals surface area contributed by atoms with E-state index in [9.17, 15) is 9.59 Å². The number of nitrogens with two attached hydrogens (primary N) is 1. The van der Waals surface area contributed by atoms with Crippen molar-refractivity contribution in [2.75, 3.05) is 13.1 Å². The van der Waals surface area contributed by atoms with E-state index in [1.165, 1.54) is 0 Å². The topological polar surface area (TPSA) is 63.4 Å². The van der Waals surface area contributed by atoms with Gasteiger partial charge in [-0.25, -0.2) is 0 Å². The second-order valence-electron chi connectivity index (χ2n) is 5.98. The minimum absolute atomic E-state index is 0. The van der Waals surface area contributed by atoms with Crippen LogP contribution in [-0.4, -0.2) is 35.7 Å². The number of nitrogens with zero attached hydrogens (tertiary/aromatic N) is 1. The average Bonchev–Trinajstić information content (AvgIpc) is 2.53. The van der Waals surface area contributed by atoms with Gasteiger partial charge in [-0.05, 0) is 19.8 Å². The average molecular weight is 325 g/mol. The van der Waals surface area contributed by atoms with Gasteiger partial charge < -0.3 is 10.6 Å². The Morgan fingerprint density at radius 2 is 1.68 bits per heavy atom. The number of halogens is 1. The predicted molar refractivity (Wildman–Crippen MR) is 90.1 cm³/mol. The number of piperidine rings is 1. The number of carbonyl (C=O) groups is 2. The molecule has 1 amide bonds. The third kappa shape index (κ3) is 4.31. The van der Waals surface area contributed by atoms with E-state index in [0.717, 1.165) is 18.4 Å². The summed E-state index contributed by atoms with van der Waals surface area (Å²) in [5.74, 6) is 0.173. The first-order valence-electron chi connectivity index (χ1n) is 7.64. The maximum absolute atomic E-state index is 12.4. The normalized spacial score (nSPS) is 18.2. The lowest BCUT2D eigenvalue weighted by Gasteiger charge is -2.33. The summed E-state index contributed by atoms with van der Waals surface area (Å²) in [7, 11) is 0. The van der Waals surface area contributed by atoms with Crippen LogP contribution >= 0.6 is 12.4 Å². The van der Waals surface area contributed by atoms with Crippen LogP contribution in [-0.2, 0) is 4.79 Å².